The van der Waals surface area contributed by atoms with E-state index < -0.39 is 6.10 Å². The Morgan fingerprint density at radius 1 is 1.41 bits per heavy atom. The van der Waals surface area contributed by atoms with Gasteiger partial charge in [-0.05, 0) is 37.2 Å². The third-order valence-electron chi connectivity index (χ3n) is 2.16. The number of hydrogen-bond donors (Lipinski definition) is 2. The van der Waals surface area contributed by atoms with Crippen molar-refractivity contribution in [2.24, 2.45) is 0 Å². The highest BCUT2D eigenvalue weighted by atomic mass is 79.9. The summed E-state index contributed by atoms with van der Waals surface area (Å²) in [6.07, 6.45) is 2.25. The van der Waals surface area contributed by atoms with Crippen LogP contribution < -0.4 is 10.1 Å². The second kappa shape index (κ2) is 8.28. The predicted octanol–water partition coefficient (Wildman–Crippen LogP) is 2.35. The zero-order chi connectivity index (χ0) is 12.5. The highest BCUT2D eigenvalue weighted by Crippen LogP contribution is 2.16. The molecule has 0 aliphatic heterocycles. The van der Waals surface area contributed by atoms with Gasteiger partial charge >= 0.3 is 0 Å². The zero-order valence-corrected chi connectivity index (χ0v) is 11.3. The van der Waals surface area contributed by atoms with E-state index in [0.29, 0.717) is 13.2 Å². The Morgan fingerprint density at radius 2 is 2.12 bits per heavy atom. The molecule has 0 spiro atoms. The van der Waals surface area contributed by atoms with Crippen LogP contribution >= 0.6 is 15.9 Å². The van der Waals surface area contributed by atoms with Crippen molar-refractivity contribution in [2.45, 2.75) is 12.5 Å². The monoisotopic (exact) mass is 299 g/mol. The minimum atomic E-state index is -0.497. The molecule has 1 atom stereocenters. The summed E-state index contributed by atoms with van der Waals surface area (Å²) in [4.78, 5) is 0. The lowest BCUT2D eigenvalue weighted by Gasteiger charge is -2.12. The lowest BCUT2D eigenvalue weighted by Crippen LogP contribution is -2.31. The second-order valence-corrected chi connectivity index (χ2v) is 4.62. The van der Waals surface area contributed by atoms with Gasteiger partial charge in [-0.25, -0.2) is 0 Å². The number of aliphatic hydroxyl groups is 1. The van der Waals surface area contributed by atoms with Crippen molar-refractivity contribution in [3.63, 3.8) is 0 Å². The summed E-state index contributed by atoms with van der Waals surface area (Å²) in [6.45, 7) is 5.29. The summed E-state index contributed by atoms with van der Waals surface area (Å²) >= 11 is 3.35. The standard InChI is InChI=1S/C13H18BrNO2/c1-2-3-8-15-9-12(16)10-17-13-6-4-11(14)5-7-13/h2,4-7,12,15-16H,1,3,8-10H2. The van der Waals surface area contributed by atoms with Gasteiger partial charge in [-0.2, -0.15) is 0 Å². The molecule has 1 unspecified atom stereocenters. The van der Waals surface area contributed by atoms with Crippen LogP contribution in [0.5, 0.6) is 5.75 Å². The maximum Gasteiger partial charge on any atom is 0.119 e. The maximum absolute atomic E-state index is 9.64. The fourth-order valence-corrected chi connectivity index (χ4v) is 1.52. The van der Waals surface area contributed by atoms with Gasteiger partial charge in [-0.3, -0.25) is 0 Å². The molecule has 0 aliphatic carbocycles. The number of nitrogens with one attached hydrogen (secondary N) is 1. The van der Waals surface area contributed by atoms with E-state index in [-0.39, 0.29) is 0 Å². The molecule has 4 heteroatoms. The van der Waals surface area contributed by atoms with Crippen LogP contribution in [-0.2, 0) is 0 Å². The summed E-state index contributed by atoms with van der Waals surface area (Å²) in [5, 5.41) is 12.8. The maximum atomic E-state index is 9.64. The van der Waals surface area contributed by atoms with Crippen molar-refractivity contribution in [3.8, 4) is 5.75 Å². The number of ether oxygens (including phenoxy) is 1. The van der Waals surface area contributed by atoms with Gasteiger partial charge in [0.05, 0.1) is 0 Å². The first kappa shape index (κ1) is 14.2. The van der Waals surface area contributed by atoms with Crippen molar-refractivity contribution in [2.75, 3.05) is 19.7 Å². The normalized spacial score (nSPS) is 12.1. The molecule has 2 N–H and O–H groups in total. The second-order valence-electron chi connectivity index (χ2n) is 3.70. The molecule has 1 rings (SSSR count). The van der Waals surface area contributed by atoms with Crippen LogP contribution in [0.25, 0.3) is 0 Å². The molecule has 0 fully saturated rings. The van der Waals surface area contributed by atoms with Crippen molar-refractivity contribution in [1.82, 2.24) is 5.32 Å². The van der Waals surface area contributed by atoms with Gasteiger partial charge in [0.2, 0.25) is 0 Å². The highest BCUT2D eigenvalue weighted by Gasteiger charge is 2.04. The van der Waals surface area contributed by atoms with E-state index in [4.69, 9.17) is 4.74 Å². The summed E-state index contributed by atoms with van der Waals surface area (Å²) in [7, 11) is 0. The molecular formula is C13H18BrNO2. The minimum absolute atomic E-state index is 0.294. The molecule has 1 aromatic rings. The molecule has 0 radical (unpaired) electrons. The van der Waals surface area contributed by atoms with Crippen molar-refractivity contribution < 1.29 is 9.84 Å². The molecule has 3 nitrogen and oxygen atoms in total. The Labute approximate surface area is 111 Å². The van der Waals surface area contributed by atoms with E-state index in [0.717, 1.165) is 23.2 Å². The molecule has 0 aliphatic rings. The molecule has 0 aromatic heterocycles. The Kier molecular flexibility index (Phi) is 6.93. The van der Waals surface area contributed by atoms with Gasteiger partial charge in [-0.1, -0.05) is 22.0 Å². The molecule has 0 heterocycles. The van der Waals surface area contributed by atoms with Crippen LogP contribution in [0.3, 0.4) is 0 Å². The SMILES string of the molecule is C=CCCNCC(O)COc1ccc(Br)cc1. The first-order chi connectivity index (χ1) is 8.22. The summed E-state index contributed by atoms with van der Waals surface area (Å²) < 4.78 is 6.46. The van der Waals surface area contributed by atoms with Gasteiger partial charge in [0.25, 0.3) is 0 Å². The lowest BCUT2D eigenvalue weighted by molar-refractivity contribution is 0.107. The van der Waals surface area contributed by atoms with Gasteiger partial charge in [-0.15, -0.1) is 6.58 Å². The molecule has 0 bridgehead atoms. The van der Waals surface area contributed by atoms with Crippen LogP contribution in [0.15, 0.2) is 41.4 Å². The Morgan fingerprint density at radius 3 is 2.76 bits per heavy atom. The Hall–Kier alpha value is -0.840. The summed E-state index contributed by atoms with van der Waals surface area (Å²) in [5.41, 5.74) is 0. The number of hydrogen-bond acceptors (Lipinski definition) is 3. The number of rotatable bonds is 8. The van der Waals surface area contributed by atoms with E-state index in [9.17, 15) is 5.11 Å². The van der Waals surface area contributed by atoms with Gasteiger partial charge in [0, 0.05) is 11.0 Å². The molecule has 94 valence electrons. The van der Waals surface area contributed by atoms with E-state index in [1.54, 1.807) is 0 Å². The molecule has 0 saturated carbocycles. The fourth-order valence-electron chi connectivity index (χ4n) is 1.25. The molecule has 0 saturated heterocycles. The van der Waals surface area contributed by atoms with Gasteiger partial charge in [0.1, 0.15) is 18.5 Å². The predicted molar refractivity (Wildman–Crippen MR) is 73.3 cm³/mol. The third kappa shape index (κ3) is 6.46. The largest absolute Gasteiger partial charge is 0.491 e. The third-order valence-corrected chi connectivity index (χ3v) is 2.69. The van der Waals surface area contributed by atoms with Crippen LogP contribution in [0.1, 0.15) is 6.42 Å². The number of halogens is 1. The van der Waals surface area contributed by atoms with Crippen molar-refractivity contribution in [1.29, 1.82) is 0 Å². The van der Waals surface area contributed by atoms with E-state index in [2.05, 4.69) is 27.8 Å². The molecule has 17 heavy (non-hydrogen) atoms. The van der Waals surface area contributed by atoms with Gasteiger partial charge < -0.3 is 15.2 Å². The Balaban J connectivity index is 2.16. The number of benzene rings is 1. The average Bonchev–Trinajstić information content (AvgIpc) is 2.34. The van der Waals surface area contributed by atoms with E-state index in [1.807, 2.05) is 30.3 Å². The highest BCUT2D eigenvalue weighted by molar-refractivity contribution is 9.10. The first-order valence-corrected chi connectivity index (χ1v) is 6.39. The fraction of sp³-hybridized carbons (Fsp3) is 0.385. The minimum Gasteiger partial charge on any atom is -0.491 e. The average molecular weight is 300 g/mol. The topological polar surface area (TPSA) is 41.5 Å². The van der Waals surface area contributed by atoms with E-state index in [1.165, 1.54) is 0 Å². The van der Waals surface area contributed by atoms with Crippen LogP contribution in [0, 0.1) is 0 Å². The Bertz CT molecular complexity index is 327. The molecule has 1 aromatic carbocycles. The molecular weight excluding hydrogens is 282 g/mol. The number of aliphatic hydroxyl groups excluding tert-OH is 1. The van der Waals surface area contributed by atoms with Gasteiger partial charge in [0.15, 0.2) is 0 Å². The van der Waals surface area contributed by atoms with Crippen LogP contribution in [0.4, 0.5) is 0 Å². The summed E-state index contributed by atoms with van der Waals surface area (Å²) in [6, 6.07) is 7.54. The zero-order valence-electron chi connectivity index (χ0n) is 9.73. The summed E-state index contributed by atoms with van der Waals surface area (Å²) in [5.74, 6) is 0.762. The van der Waals surface area contributed by atoms with Crippen LogP contribution in [-0.4, -0.2) is 30.9 Å². The van der Waals surface area contributed by atoms with Crippen molar-refractivity contribution >= 4 is 15.9 Å². The lowest BCUT2D eigenvalue weighted by atomic mass is 10.3. The quantitative estimate of drug-likeness (QED) is 0.572. The van der Waals surface area contributed by atoms with E-state index >= 15 is 0 Å². The van der Waals surface area contributed by atoms with Crippen molar-refractivity contribution in [3.05, 3.63) is 41.4 Å². The smallest absolute Gasteiger partial charge is 0.119 e. The molecule has 0 amide bonds. The van der Waals surface area contributed by atoms with Crippen LogP contribution in [0.2, 0.25) is 0 Å². The first-order valence-electron chi connectivity index (χ1n) is 5.60.